The van der Waals surface area contributed by atoms with E-state index in [0.29, 0.717) is 28.3 Å². The number of ether oxygens (including phenoxy) is 1. The van der Waals surface area contributed by atoms with Crippen LogP contribution in [0.5, 0.6) is 0 Å². The van der Waals surface area contributed by atoms with Crippen LogP contribution in [0.1, 0.15) is 12.0 Å². The summed E-state index contributed by atoms with van der Waals surface area (Å²) in [6.45, 7) is 1.34. The summed E-state index contributed by atoms with van der Waals surface area (Å²) in [4.78, 5) is 12.0. The number of hydrogen-bond acceptors (Lipinski definition) is 3. The molecule has 0 aliphatic heterocycles. The second-order valence-electron chi connectivity index (χ2n) is 4.60. The Balaban J connectivity index is 2.39. The molecule has 1 aromatic rings. The van der Waals surface area contributed by atoms with Crippen LogP contribution in [0.3, 0.4) is 0 Å². The number of nitrogens with zero attached hydrogens (tertiary/aromatic N) is 1. The minimum Gasteiger partial charge on any atom is -0.385 e. The SMILES string of the molecule is COCCCNC(=S)N(C)NC(=O)Cc1ccc(Cl)c(Cl)c1. The first-order chi connectivity index (χ1) is 10.4. The first kappa shape index (κ1) is 19.0. The highest BCUT2D eigenvalue weighted by molar-refractivity contribution is 7.80. The topological polar surface area (TPSA) is 53.6 Å². The zero-order valence-corrected chi connectivity index (χ0v) is 14.8. The molecule has 0 fully saturated rings. The lowest BCUT2D eigenvalue weighted by Gasteiger charge is -2.21. The van der Waals surface area contributed by atoms with Crippen molar-refractivity contribution in [2.75, 3.05) is 27.3 Å². The molecule has 5 nitrogen and oxygen atoms in total. The Kier molecular flexibility index (Phi) is 8.48. The summed E-state index contributed by atoms with van der Waals surface area (Å²) in [6.07, 6.45) is 1.02. The van der Waals surface area contributed by atoms with E-state index in [0.717, 1.165) is 12.0 Å². The highest BCUT2D eigenvalue weighted by Gasteiger charge is 2.10. The van der Waals surface area contributed by atoms with Crippen molar-refractivity contribution in [3.63, 3.8) is 0 Å². The maximum absolute atomic E-state index is 12.0. The van der Waals surface area contributed by atoms with Gasteiger partial charge >= 0.3 is 0 Å². The van der Waals surface area contributed by atoms with Gasteiger partial charge in [-0.25, -0.2) is 0 Å². The van der Waals surface area contributed by atoms with Crippen molar-refractivity contribution in [1.29, 1.82) is 0 Å². The van der Waals surface area contributed by atoms with Crippen molar-refractivity contribution in [3.05, 3.63) is 33.8 Å². The van der Waals surface area contributed by atoms with Crippen LogP contribution in [-0.2, 0) is 16.0 Å². The average Bonchev–Trinajstić information content (AvgIpc) is 2.47. The van der Waals surface area contributed by atoms with Gasteiger partial charge in [0.05, 0.1) is 16.5 Å². The number of carbonyl (C=O) groups excluding carboxylic acids is 1. The third-order valence-corrected chi connectivity index (χ3v) is 3.90. The maximum atomic E-state index is 12.0. The van der Waals surface area contributed by atoms with Gasteiger partial charge in [-0.2, -0.15) is 0 Å². The standard InChI is InChI=1S/C14H19Cl2N3O2S/c1-19(14(22)17-6-3-7-21-2)18-13(20)9-10-4-5-11(15)12(16)8-10/h4-5,8H,3,6-7,9H2,1-2H3,(H,17,22)(H,18,20). The number of amides is 1. The molecule has 1 amide bonds. The van der Waals surface area contributed by atoms with Gasteiger partial charge in [-0.3, -0.25) is 15.2 Å². The molecule has 0 bridgehead atoms. The van der Waals surface area contributed by atoms with E-state index in [-0.39, 0.29) is 12.3 Å². The third kappa shape index (κ3) is 6.79. The summed E-state index contributed by atoms with van der Waals surface area (Å²) >= 11 is 16.9. The van der Waals surface area contributed by atoms with Gasteiger partial charge in [-0.1, -0.05) is 29.3 Å². The number of rotatable bonds is 6. The van der Waals surface area contributed by atoms with E-state index in [9.17, 15) is 4.79 Å². The van der Waals surface area contributed by atoms with Crippen molar-refractivity contribution >= 4 is 46.4 Å². The second kappa shape index (κ2) is 9.84. The molecule has 0 spiro atoms. The lowest BCUT2D eigenvalue weighted by molar-refractivity contribution is -0.123. The summed E-state index contributed by atoms with van der Waals surface area (Å²) in [7, 11) is 3.33. The lowest BCUT2D eigenvalue weighted by Crippen LogP contribution is -2.48. The van der Waals surface area contributed by atoms with Crippen LogP contribution in [-0.4, -0.2) is 43.3 Å². The van der Waals surface area contributed by atoms with Gasteiger partial charge in [0.1, 0.15) is 0 Å². The Morgan fingerprint density at radius 2 is 2.09 bits per heavy atom. The van der Waals surface area contributed by atoms with Gasteiger partial charge in [-0.05, 0) is 36.3 Å². The van der Waals surface area contributed by atoms with Gasteiger partial charge in [0.15, 0.2) is 5.11 Å². The number of hydrazine groups is 1. The Morgan fingerprint density at radius 1 is 1.36 bits per heavy atom. The van der Waals surface area contributed by atoms with Gasteiger partial charge in [0.2, 0.25) is 5.91 Å². The molecule has 122 valence electrons. The normalized spacial score (nSPS) is 10.2. The van der Waals surface area contributed by atoms with Gasteiger partial charge in [-0.15, -0.1) is 0 Å². The fourth-order valence-electron chi connectivity index (χ4n) is 1.64. The predicted molar refractivity (Wildman–Crippen MR) is 93.2 cm³/mol. The lowest BCUT2D eigenvalue weighted by atomic mass is 10.1. The first-order valence-corrected chi connectivity index (χ1v) is 7.84. The molecule has 0 unspecified atom stereocenters. The highest BCUT2D eigenvalue weighted by Crippen LogP contribution is 2.22. The van der Waals surface area contributed by atoms with E-state index < -0.39 is 0 Å². The monoisotopic (exact) mass is 363 g/mol. The third-order valence-electron chi connectivity index (χ3n) is 2.75. The molecule has 0 aliphatic carbocycles. The molecular weight excluding hydrogens is 345 g/mol. The molecule has 0 saturated heterocycles. The zero-order chi connectivity index (χ0) is 16.5. The Labute approximate surface area is 145 Å². The van der Waals surface area contributed by atoms with Crippen LogP contribution in [0.25, 0.3) is 0 Å². The van der Waals surface area contributed by atoms with Crippen LogP contribution >= 0.6 is 35.4 Å². The Bertz CT molecular complexity index is 529. The smallest absolute Gasteiger partial charge is 0.242 e. The van der Waals surface area contributed by atoms with E-state index in [4.69, 9.17) is 40.2 Å². The quantitative estimate of drug-likeness (QED) is 0.461. The molecule has 0 heterocycles. The van der Waals surface area contributed by atoms with E-state index in [2.05, 4.69) is 10.7 Å². The molecule has 0 radical (unpaired) electrons. The number of carbonyl (C=O) groups is 1. The van der Waals surface area contributed by atoms with Crippen LogP contribution in [0.2, 0.25) is 10.0 Å². The minimum atomic E-state index is -0.193. The molecule has 2 N–H and O–H groups in total. The molecule has 1 rings (SSSR count). The number of halogens is 2. The molecular formula is C14H19Cl2N3O2S. The summed E-state index contributed by atoms with van der Waals surface area (Å²) in [6, 6.07) is 5.10. The van der Waals surface area contributed by atoms with Crippen LogP contribution in [0.4, 0.5) is 0 Å². The summed E-state index contributed by atoms with van der Waals surface area (Å²) in [5.74, 6) is -0.193. The number of nitrogens with one attached hydrogen (secondary N) is 2. The van der Waals surface area contributed by atoms with E-state index in [1.165, 1.54) is 5.01 Å². The average molecular weight is 364 g/mol. The van der Waals surface area contributed by atoms with E-state index >= 15 is 0 Å². The van der Waals surface area contributed by atoms with Crippen molar-refractivity contribution in [1.82, 2.24) is 15.8 Å². The number of methoxy groups -OCH3 is 1. The van der Waals surface area contributed by atoms with Gasteiger partial charge in [0.25, 0.3) is 0 Å². The van der Waals surface area contributed by atoms with Crippen LogP contribution in [0, 0.1) is 0 Å². The highest BCUT2D eigenvalue weighted by atomic mass is 35.5. The largest absolute Gasteiger partial charge is 0.385 e. The molecule has 0 aliphatic rings. The zero-order valence-electron chi connectivity index (χ0n) is 12.5. The van der Waals surface area contributed by atoms with Crippen molar-refractivity contribution in [3.8, 4) is 0 Å². The van der Waals surface area contributed by atoms with Crippen LogP contribution < -0.4 is 10.7 Å². The summed E-state index contributed by atoms with van der Waals surface area (Å²) in [5, 5.41) is 5.83. The number of benzene rings is 1. The van der Waals surface area contributed by atoms with Crippen LogP contribution in [0.15, 0.2) is 18.2 Å². The predicted octanol–water partition coefficient (Wildman–Crippen LogP) is 2.41. The second-order valence-corrected chi connectivity index (χ2v) is 5.80. The van der Waals surface area contributed by atoms with E-state index in [1.54, 1.807) is 32.4 Å². The molecule has 0 aromatic heterocycles. The van der Waals surface area contributed by atoms with Crippen molar-refractivity contribution in [2.24, 2.45) is 0 Å². The number of thiocarbonyl (C=S) groups is 1. The van der Waals surface area contributed by atoms with E-state index in [1.807, 2.05) is 0 Å². The summed E-state index contributed by atoms with van der Waals surface area (Å²) in [5.41, 5.74) is 3.46. The fourth-order valence-corrected chi connectivity index (χ4v) is 2.11. The fraction of sp³-hybridized carbons (Fsp3) is 0.429. The van der Waals surface area contributed by atoms with Gasteiger partial charge in [0, 0.05) is 27.3 Å². The maximum Gasteiger partial charge on any atom is 0.242 e. The number of hydrogen-bond donors (Lipinski definition) is 2. The molecule has 0 atom stereocenters. The molecule has 0 saturated carbocycles. The molecule has 22 heavy (non-hydrogen) atoms. The Morgan fingerprint density at radius 3 is 2.73 bits per heavy atom. The van der Waals surface area contributed by atoms with Gasteiger partial charge < -0.3 is 10.1 Å². The first-order valence-electron chi connectivity index (χ1n) is 6.68. The van der Waals surface area contributed by atoms with Crippen molar-refractivity contribution < 1.29 is 9.53 Å². The summed E-state index contributed by atoms with van der Waals surface area (Å²) < 4.78 is 4.95. The Hall–Kier alpha value is -1.08. The molecule has 1 aromatic carbocycles. The molecule has 8 heteroatoms. The van der Waals surface area contributed by atoms with Crippen molar-refractivity contribution in [2.45, 2.75) is 12.8 Å². The minimum absolute atomic E-state index is 0.188.